The first kappa shape index (κ1) is 19.5. The smallest absolute Gasteiger partial charge is 0.270 e. The van der Waals surface area contributed by atoms with Gasteiger partial charge in [0, 0.05) is 18.3 Å². The van der Waals surface area contributed by atoms with Gasteiger partial charge in [0.1, 0.15) is 22.9 Å². The summed E-state index contributed by atoms with van der Waals surface area (Å²) in [6.45, 7) is 0. The molecule has 0 radical (unpaired) electrons. The van der Waals surface area contributed by atoms with Crippen LogP contribution in [0.3, 0.4) is 0 Å². The van der Waals surface area contributed by atoms with Gasteiger partial charge in [0.2, 0.25) is 0 Å². The van der Waals surface area contributed by atoms with E-state index >= 15 is 0 Å². The van der Waals surface area contributed by atoms with E-state index in [9.17, 15) is 14.0 Å². The van der Waals surface area contributed by atoms with Crippen LogP contribution in [-0.2, 0) is 9.59 Å². The van der Waals surface area contributed by atoms with Gasteiger partial charge in [-0.3, -0.25) is 19.8 Å². The fourth-order valence-corrected chi connectivity index (χ4v) is 3.32. The molecule has 1 aliphatic rings. The number of thiocarbonyl (C=S) groups is 1. The second-order valence-corrected chi connectivity index (χ2v) is 6.85. The van der Waals surface area contributed by atoms with Crippen LogP contribution in [0.5, 0.6) is 0 Å². The van der Waals surface area contributed by atoms with Crippen molar-refractivity contribution in [2.75, 3.05) is 17.3 Å². The number of anilines is 2. The van der Waals surface area contributed by atoms with Gasteiger partial charge in [-0.1, -0.05) is 12.1 Å². The van der Waals surface area contributed by atoms with Crippen molar-refractivity contribution in [2.24, 2.45) is 0 Å². The van der Waals surface area contributed by atoms with Crippen LogP contribution in [0.1, 0.15) is 5.76 Å². The molecule has 1 fully saturated rings. The molecule has 0 spiro atoms. The summed E-state index contributed by atoms with van der Waals surface area (Å²) in [5.41, 5.74) is 1.98. The van der Waals surface area contributed by atoms with E-state index in [1.54, 1.807) is 12.1 Å². The summed E-state index contributed by atoms with van der Waals surface area (Å²) >= 11 is 5.13. The lowest BCUT2D eigenvalue weighted by Crippen LogP contribution is -2.54. The maximum Gasteiger partial charge on any atom is 0.270 e. The Kier molecular flexibility index (Phi) is 5.16. The molecule has 30 heavy (non-hydrogen) atoms. The van der Waals surface area contributed by atoms with Crippen molar-refractivity contribution < 1.29 is 18.4 Å². The summed E-state index contributed by atoms with van der Waals surface area (Å²) in [5, 5.41) is 5.47. The summed E-state index contributed by atoms with van der Waals surface area (Å²) in [4.78, 5) is 26.5. The van der Waals surface area contributed by atoms with E-state index in [1.807, 2.05) is 31.3 Å². The molecule has 1 saturated heterocycles. The van der Waals surface area contributed by atoms with Crippen molar-refractivity contribution in [3.8, 4) is 11.3 Å². The Hall–Kier alpha value is -3.78. The molecule has 6 nitrogen and oxygen atoms in total. The number of nitrogens with zero attached hydrogens (tertiary/aromatic N) is 1. The molecule has 2 heterocycles. The highest BCUT2D eigenvalue weighted by molar-refractivity contribution is 7.80. The van der Waals surface area contributed by atoms with E-state index in [1.165, 1.54) is 30.3 Å². The van der Waals surface area contributed by atoms with Crippen LogP contribution in [0.15, 0.2) is 70.7 Å². The highest BCUT2D eigenvalue weighted by Crippen LogP contribution is 2.27. The highest BCUT2D eigenvalue weighted by atomic mass is 32.1. The van der Waals surface area contributed by atoms with Gasteiger partial charge in [0.05, 0.1) is 5.69 Å². The van der Waals surface area contributed by atoms with Gasteiger partial charge < -0.3 is 9.73 Å². The molecular formula is C22H16FN3O3S. The predicted molar refractivity (Wildman–Crippen MR) is 116 cm³/mol. The minimum Gasteiger partial charge on any atom is -0.457 e. The predicted octanol–water partition coefficient (Wildman–Crippen LogP) is 3.96. The Labute approximate surface area is 177 Å². The average molecular weight is 421 g/mol. The molecule has 4 rings (SSSR count). The van der Waals surface area contributed by atoms with Gasteiger partial charge in [-0.15, -0.1) is 0 Å². The van der Waals surface area contributed by atoms with Crippen molar-refractivity contribution >= 4 is 46.6 Å². The third-order valence-corrected chi connectivity index (χ3v) is 4.82. The van der Waals surface area contributed by atoms with Crippen LogP contribution < -0.4 is 15.5 Å². The molecule has 150 valence electrons. The van der Waals surface area contributed by atoms with Gasteiger partial charge in [-0.25, -0.2) is 4.39 Å². The molecule has 2 N–H and O–H groups in total. The van der Waals surface area contributed by atoms with Crippen LogP contribution >= 0.6 is 12.2 Å². The summed E-state index contributed by atoms with van der Waals surface area (Å²) in [6.07, 6.45) is 1.36. The SMILES string of the molecule is CNc1cccc(-c2ccc(/C=C3/C(=O)NC(=S)N(c4ccc(F)cc4)C3=O)o2)c1. The Morgan fingerprint density at radius 3 is 2.60 bits per heavy atom. The van der Waals surface area contributed by atoms with Crippen LogP contribution in [0.25, 0.3) is 17.4 Å². The quantitative estimate of drug-likeness (QED) is 0.379. The zero-order chi connectivity index (χ0) is 21.3. The normalized spacial score (nSPS) is 15.5. The molecule has 2 amide bonds. The Morgan fingerprint density at radius 2 is 1.87 bits per heavy atom. The topological polar surface area (TPSA) is 74.6 Å². The number of nitrogens with one attached hydrogen (secondary N) is 2. The number of carbonyl (C=O) groups is 2. The van der Waals surface area contributed by atoms with Gasteiger partial charge in [0.25, 0.3) is 11.8 Å². The van der Waals surface area contributed by atoms with Gasteiger partial charge in [-0.2, -0.15) is 0 Å². The first-order valence-corrected chi connectivity index (χ1v) is 9.42. The van der Waals surface area contributed by atoms with Crippen LogP contribution in [0.4, 0.5) is 15.8 Å². The van der Waals surface area contributed by atoms with Crippen molar-refractivity contribution in [1.82, 2.24) is 5.32 Å². The maximum atomic E-state index is 13.2. The number of hydrogen-bond donors (Lipinski definition) is 2. The van der Waals surface area contributed by atoms with Crippen LogP contribution in [0.2, 0.25) is 0 Å². The zero-order valence-electron chi connectivity index (χ0n) is 15.8. The lowest BCUT2D eigenvalue weighted by atomic mass is 10.1. The first-order valence-electron chi connectivity index (χ1n) is 9.01. The number of rotatable bonds is 4. The standard InChI is InChI=1S/C22H16FN3O3S/c1-24-15-4-2-3-13(11-15)19-10-9-17(29-19)12-18-20(27)25-22(30)26(21(18)28)16-7-5-14(23)6-8-16/h2-12,24H,1H3,(H,25,27,30)/b18-12-. The Balaban J connectivity index is 1.66. The van der Waals surface area contributed by atoms with E-state index in [0.717, 1.165) is 16.2 Å². The number of carbonyl (C=O) groups excluding carboxylic acids is 2. The van der Waals surface area contributed by atoms with Gasteiger partial charge in [-0.05, 0) is 66.8 Å². The van der Waals surface area contributed by atoms with Crippen molar-refractivity contribution in [1.29, 1.82) is 0 Å². The molecule has 0 atom stereocenters. The highest BCUT2D eigenvalue weighted by Gasteiger charge is 2.34. The van der Waals surface area contributed by atoms with Crippen molar-refractivity contribution in [3.63, 3.8) is 0 Å². The molecule has 1 aliphatic heterocycles. The molecular weight excluding hydrogens is 405 g/mol. The minimum atomic E-state index is -0.626. The van der Waals surface area contributed by atoms with E-state index in [0.29, 0.717) is 17.2 Å². The monoisotopic (exact) mass is 421 g/mol. The minimum absolute atomic E-state index is 0.0715. The average Bonchev–Trinajstić information content (AvgIpc) is 3.21. The van der Waals surface area contributed by atoms with E-state index in [2.05, 4.69) is 10.6 Å². The molecule has 0 aliphatic carbocycles. The number of halogens is 1. The fourth-order valence-electron chi connectivity index (χ4n) is 3.04. The first-order chi connectivity index (χ1) is 14.5. The second kappa shape index (κ2) is 7.92. The van der Waals surface area contributed by atoms with E-state index in [-0.39, 0.29) is 10.7 Å². The lowest BCUT2D eigenvalue weighted by Gasteiger charge is -2.28. The maximum absolute atomic E-state index is 13.2. The number of furan rings is 1. The molecule has 3 aromatic rings. The Bertz CT molecular complexity index is 1180. The third-order valence-electron chi connectivity index (χ3n) is 4.54. The van der Waals surface area contributed by atoms with Crippen molar-refractivity contribution in [3.05, 3.63) is 77.8 Å². The molecule has 1 aromatic heterocycles. The molecule has 2 aromatic carbocycles. The Morgan fingerprint density at radius 1 is 1.10 bits per heavy atom. The fraction of sp³-hybridized carbons (Fsp3) is 0.0455. The summed E-state index contributed by atoms with van der Waals surface area (Å²) in [6, 6.07) is 16.3. The second-order valence-electron chi connectivity index (χ2n) is 6.47. The number of hydrogen-bond acceptors (Lipinski definition) is 5. The van der Waals surface area contributed by atoms with Crippen LogP contribution in [0, 0.1) is 5.82 Å². The number of benzene rings is 2. The molecule has 0 bridgehead atoms. The summed E-state index contributed by atoms with van der Waals surface area (Å²) in [5.74, 6) is -0.762. The van der Waals surface area contributed by atoms with E-state index in [4.69, 9.17) is 16.6 Å². The zero-order valence-corrected chi connectivity index (χ0v) is 16.6. The molecule has 0 saturated carbocycles. The summed E-state index contributed by atoms with van der Waals surface area (Å²) < 4.78 is 19.0. The largest absolute Gasteiger partial charge is 0.457 e. The lowest BCUT2D eigenvalue weighted by molar-refractivity contribution is -0.122. The van der Waals surface area contributed by atoms with Gasteiger partial charge in [0.15, 0.2) is 5.11 Å². The molecule has 0 unspecified atom stereocenters. The summed E-state index contributed by atoms with van der Waals surface area (Å²) in [7, 11) is 1.82. The van der Waals surface area contributed by atoms with Gasteiger partial charge >= 0.3 is 0 Å². The number of amides is 2. The third kappa shape index (κ3) is 3.72. The van der Waals surface area contributed by atoms with Crippen molar-refractivity contribution in [2.45, 2.75) is 0 Å². The van der Waals surface area contributed by atoms with E-state index < -0.39 is 17.6 Å². The molecule has 8 heteroatoms. The van der Waals surface area contributed by atoms with Crippen LogP contribution in [-0.4, -0.2) is 24.0 Å².